The van der Waals surface area contributed by atoms with Crippen LogP contribution in [-0.2, 0) is 0 Å². The maximum absolute atomic E-state index is 13.8. The number of methoxy groups -OCH3 is 1. The largest absolute Gasteiger partial charge is 0.494 e. The smallest absolute Gasteiger partial charge is 0.254 e. The lowest BCUT2D eigenvalue weighted by atomic mass is 9.91. The van der Waals surface area contributed by atoms with Crippen LogP contribution in [0.1, 0.15) is 16.8 Å². The summed E-state index contributed by atoms with van der Waals surface area (Å²) in [5.74, 6) is -0.444. The predicted octanol–water partition coefficient (Wildman–Crippen LogP) is 1.22. The van der Waals surface area contributed by atoms with E-state index in [9.17, 15) is 14.3 Å². The molecule has 1 aromatic rings. The van der Waals surface area contributed by atoms with Crippen molar-refractivity contribution in [1.29, 1.82) is 0 Å². The fourth-order valence-corrected chi connectivity index (χ4v) is 2.94. The molecule has 0 saturated carbocycles. The molecular weight excluding hydrogens is 287 g/mol. The first-order chi connectivity index (χ1) is 10.5. The lowest BCUT2D eigenvalue weighted by Gasteiger charge is -2.41. The molecular formula is C16H23FN2O3. The van der Waals surface area contributed by atoms with Gasteiger partial charge in [0, 0.05) is 37.2 Å². The Kier molecular flexibility index (Phi) is 5.37. The molecule has 1 fully saturated rings. The van der Waals surface area contributed by atoms with Crippen LogP contribution in [0.3, 0.4) is 0 Å². The summed E-state index contributed by atoms with van der Waals surface area (Å²) in [6.07, 6.45) is 0.740. The molecule has 22 heavy (non-hydrogen) atoms. The Morgan fingerprint density at radius 1 is 1.50 bits per heavy atom. The van der Waals surface area contributed by atoms with Crippen molar-refractivity contribution in [3.05, 3.63) is 29.6 Å². The Balaban J connectivity index is 2.14. The SMILES string of the molecule is COc1ccc(C(=O)N2CCC(CO)C(N(C)C)C2)cc1F. The monoisotopic (exact) mass is 310 g/mol. The third-order valence-corrected chi connectivity index (χ3v) is 4.31. The van der Waals surface area contributed by atoms with Crippen molar-refractivity contribution < 1.29 is 19.0 Å². The van der Waals surface area contributed by atoms with Gasteiger partial charge in [-0.15, -0.1) is 0 Å². The number of benzene rings is 1. The molecule has 1 aliphatic heterocycles. The summed E-state index contributed by atoms with van der Waals surface area (Å²) >= 11 is 0. The number of halogens is 1. The van der Waals surface area contributed by atoms with Crippen molar-refractivity contribution in [2.45, 2.75) is 12.5 Å². The van der Waals surface area contributed by atoms with Crippen molar-refractivity contribution in [1.82, 2.24) is 9.80 Å². The van der Waals surface area contributed by atoms with Crippen LogP contribution in [-0.4, -0.2) is 67.8 Å². The first-order valence-electron chi connectivity index (χ1n) is 7.38. The van der Waals surface area contributed by atoms with E-state index >= 15 is 0 Å². The summed E-state index contributed by atoms with van der Waals surface area (Å²) < 4.78 is 18.6. The van der Waals surface area contributed by atoms with Crippen molar-refractivity contribution in [2.75, 3.05) is 40.9 Å². The van der Waals surface area contributed by atoms with Gasteiger partial charge in [-0.2, -0.15) is 0 Å². The highest BCUT2D eigenvalue weighted by atomic mass is 19.1. The van der Waals surface area contributed by atoms with Gasteiger partial charge < -0.3 is 19.6 Å². The predicted molar refractivity (Wildman–Crippen MR) is 81.5 cm³/mol. The molecule has 0 aliphatic carbocycles. The van der Waals surface area contributed by atoms with E-state index in [-0.39, 0.29) is 30.2 Å². The highest BCUT2D eigenvalue weighted by Gasteiger charge is 2.32. The lowest BCUT2D eigenvalue weighted by Crippen LogP contribution is -2.53. The lowest BCUT2D eigenvalue weighted by molar-refractivity contribution is 0.0379. The fourth-order valence-electron chi connectivity index (χ4n) is 2.94. The van der Waals surface area contributed by atoms with Crippen LogP contribution >= 0.6 is 0 Å². The molecule has 5 nitrogen and oxygen atoms in total. The number of piperidine rings is 1. The number of amides is 1. The van der Waals surface area contributed by atoms with E-state index in [4.69, 9.17) is 4.74 Å². The van der Waals surface area contributed by atoms with E-state index in [0.29, 0.717) is 18.7 Å². The number of likely N-dealkylation sites (tertiary alicyclic amines) is 1. The van der Waals surface area contributed by atoms with Crippen LogP contribution in [0.5, 0.6) is 5.75 Å². The molecule has 0 spiro atoms. The number of rotatable bonds is 4. The zero-order valence-corrected chi connectivity index (χ0v) is 13.3. The second-order valence-corrected chi connectivity index (χ2v) is 5.86. The third kappa shape index (κ3) is 3.39. The molecule has 1 heterocycles. The summed E-state index contributed by atoms with van der Waals surface area (Å²) in [6.45, 7) is 1.22. The van der Waals surface area contributed by atoms with E-state index in [2.05, 4.69) is 0 Å². The van der Waals surface area contributed by atoms with Crippen LogP contribution in [0.4, 0.5) is 4.39 Å². The molecule has 122 valence electrons. The number of nitrogens with zero attached hydrogens (tertiary/aromatic N) is 2. The van der Waals surface area contributed by atoms with E-state index in [1.54, 1.807) is 11.0 Å². The zero-order valence-electron chi connectivity index (χ0n) is 13.3. The minimum atomic E-state index is -0.539. The zero-order chi connectivity index (χ0) is 16.3. The van der Waals surface area contributed by atoms with E-state index in [0.717, 1.165) is 6.42 Å². The number of carbonyl (C=O) groups is 1. The van der Waals surface area contributed by atoms with E-state index in [1.807, 2.05) is 19.0 Å². The summed E-state index contributed by atoms with van der Waals surface area (Å²) in [7, 11) is 5.27. The molecule has 6 heteroatoms. The van der Waals surface area contributed by atoms with Crippen LogP contribution in [0.25, 0.3) is 0 Å². The van der Waals surface area contributed by atoms with Crippen LogP contribution in [0.2, 0.25) is 0 Å². The van der Waals surface area contributed by atoms with Crippen molar-refractivity contribution in [3.8, 4) is 5.75 Å². The molecule has 2 rings (SSSR count). The van der Waals surface area contributed by atoms with Gasteiger partial charge in [0.25, 0.3) is 5.91 Å². The average Bonchev–Trinajstić information content (AvgIpc) is 2.53. The fraction of sp³-hybridized carbons (Fsp3) is 0.562. The van der Waals surface area contributed by atoms with Crippen molar-refractivity contribution in [3.63, 3.8) is 0 Å². The Bertz CT molecular complexity index is 536. The van der Waals surface area contributed by atoms with Crippen LogP contribution < -0.4 is 4.74 Å². The maximum atomic E-state index is 13.8. The van der Waals surface area contributed by atoms with Gasteiger partial charge in [-0.05, 0) is 38.7 Å². The van der Waals surface area contributed by atoms with Crippen molar-refractivity contribution >= 4 is 5.91 Å². The van der Waals surface area contributed by atoms with Gasteiger partial charge >= 0.3 is 0 Å². The molecule has 2 unspecified atom stereocenters. The quantitative estimate of drug-likeness (QED) is 0.908. The summed E-state index contributed by atoms with van der Waals surface area (Å²) in [5, 5.41) is 9.45. The number of hydrogen-bond donors (Lipinski definition) is 1. The summed E-state index contributed by atoms with van der Waals surface area (Å²) in [6, 6.07) is 4.36. The number of likely N-dealkylation sites (N-methyl/N-ethyl adjacent to an activating group) is 1. The summed E-state index contributed by atoms with van der Waals surface area (Å²) in [4.78, 5) is 16.3. The Labute approximate surface area is 130 Å². The third-order valence-electron chi connectivity index (χ3n) is 4.31. The molecule has 1 saturated heterocycles. The van der Waals surface area contributed by atoms with E-state index in [1.165, 1.54) is 19.2 Å². The molecule has 1 amide bonds. The highest BCUT2D eigenvalue weighted by Crippen LogP contribution is 2.24. The Morgan fingerprint density at radius 3 is 2.77 bits per heavy atom. The first kappa shape index (κ1) is 16.7. The standard InChI is InChI=1S/C16H23FN2O3/c1-18(2)14-9-19(7-6-12(14)10-20)16(21)11-4-5-15(22-3)13(17)8-11/h4-5,8,12,14,20H,6-7,9-10H2,1-3H3. The van der Waals surface area contributed by atoms with Gasteiger partial charge in [0.1, 0.15) is 0 Å². The molecule has 0 bridgehead atoms. The average molecular weight is 310 g/mol. The van der Waals surface area contributed by atoms with Gasteiger partial charge in [-0.3, -0.25) is 4.79 Å². The van der Waals surface area contributed by atoms with Gasteiger partial charge in [0.05, 0.1) is 7.11 Å². The molecule has 0 aromatic heterocycles. The second kappa shape index (κ2) is 7.07. The number of aliphatic hydroxyl groups is 1. The van der Waals surface area contributed by atoms with Gasteiger partial charge in [-0.1, -0.05) is 0 Å². The Hall–Kier alpha value is -1.66. The first-order valence-corrected chi connectivity index (χ1v) is 7.38. The van der Waals surface area contributed by atoms with Gasteiger partial charge in [0.2, 0.25) is 0 Å². The highest BCUT2D eigenvalue weighted by molar-refractivity contribution is 5.94. The van der Waals surface area contributed by atoms with Crippen LogP contribution in [0, 0.1) is 11.7 Å². The number of hydrogen-bond acceptors (Lipinski definition) is 4. The number of ether oxygens (including phenoxy) is 1. The topological polar surface area (TPSA) is 53.0 Å². The molecule has 2 atom stereocenters. The number of aliphatic hydroxyl groups excluding tert-OH is 1. The minimum absolute atomic E-state index is 0.103. The molecule has 1 N–H and O–H groups in total. The number of carbonyl (C=O) groups excluding carboxylic acids is 1. The van der Waals surface area contributed by atoms with Gasteiger partial charge in [0.15, 0.2) is 11.6 Å². The normalized spacial score (nSPS) is 22.0. The van der Waals surface area contributed by atoms with Crippen LogP contribution in [0.15, 0.2) is 18.2 Å². The Morgan fingerprint density at radius 2 is 2.23 bits per heavy atom. The molecule has 1 aromatic carbocycles. The van der Waals surface area contributed by atoms with Gasteiger partial charge in [-0.25, -0.2) is 4.39 Å². The van der Waals surface area contributed by atoms with E-state index < -0.39 is 5.82 Å². The minimum Gasteiger partial charge on any atom is -0.494 e. The van der Waals surface area contributed by atoms with Crippen molar-refractivity contribution in [2.24, 2.45) is 5.92 Å². The maximum Gasteiger partial charge on any atom is 0.254 e. The molecule has 0 radical (unpaired) electrons. The summed E-state index contributed by atoms with van der Waals surface area (Å²) in [5.41, 5.74) is 0.318. The molecule has 1 aliphatic rings. The second-order valence-electron chi connectivity index (χ2n) is 5.86.